The van der Waals surface area contributed by atoms with Crippen LogP contribution in [0.1, 0.15) is 37.5 Å². The number of aromatic nitrogens is 1. The van der Waals surface area contributed by atoms with Crippen LogP contribution in [0.3, 0.4) is 0 Å². The number of hydrogen-bond donors (Lipinski definition) is 1. The Kier molecular flexibility index (Phi) is 4.39. The van der Waals surface area contributed by atoms with Crippen molar-refractivity contribution in [1.82, 2.24) is 4.98 Å². The second-order valence-electron chi connectivity index (χ2n) is 7.86. The summed E-state index contributed by atoms with van der Waals surface area (Å²) < 4.78 is 1.24. The van der Waals surface area contributed by atoms with Crippen molar-refractivity contribution in [2.45, 2.75) is 41.5 Å². The monoisotopic (exact) mass is 338 g/mol. The van der Waals surface area contributed by atoms with Gasteiger partial charge in [-0.05, 0) is 48.9 Å². The molecule has 24 heavy (non-hydrogen) atoms. The van der Waals surface area contributed by atoms with E-state index in [0.29, 0.717) is 0 Å². The van der Waals surface area contributed by atoms with E-state index < -0.39 is 0 Å². The highest BCUT2D eigenvalue weighted by Gasteiger charge is 2.15. The van der Waals surface area contributed by atoms with Crippen molar-refractivity contribution in [3.05, 3.63) is 47.0 Å². The Balaban J connectivity index is 2.08. The average Bonchev–Trinajstić information content (AvgIpc) is 2.87. The van der Waals surface area contributed by atoms with Crippen LogP contribution in [0.4, 0.5) is 5.13 Å². The molecular weight excluding hydrogens is 312 g/mol. The molecule has 1 heterocycles. The van der Waals surface area contributed by atoms with Gasteiger partial charge < -0.3 is 5.32 Å². The minimum Gasteiger partial charge on any atom is -0.361 e. The second-order valence-corrected chi connectivity index (χ2v) is 8.89. The number of para-hydroxylation sites is 1. The first-order chi connectivity index (χ1) is 11.2. The fraction of sp³-hybridized carbons (Fsp3) is 0.381. The van der Waals surface area contributed by atoms with Gasteiger partial charge >= 0.3 is 0 Å². The molecular formula is C21H26N2S. The van der Waals surface area contributed by atoms with Gasteiger partial charge in [-0.25, -0.2) is 4.98 Å². The third-order valence-corrected chi connectivity index (χ3v) is 5.11. The molecule has 0 radical (unpaired) electrons. The Bertz CT molecular complexity index is 861. The molecule has 0 amide bonds. The Morgan fingerprint density at radius 2 is 1.71 bits per heavy atom. The van der Waals surface area contributed by atoms with Crippen LogP contribution in [-0.2, 0) is 0 Å². The van der Waals surface area contributed by atoms with Gasteiger partial charge in [-0.15, -0.1) is 0 Å². The summed E-state index contributed by atoms with van der Waals surface area (Å²) >= 11 is 1.74. The van der Waals surface area contributed by atoms with E-state index in [1.165, 1.54) is 32.5 Å². The summed E-state index contributed by atoms with van der Waals surface area (Å²) in [4.78, 5) is 4.90. The molecule has 0 aliphatic heterocycles. The van der Waals surface area contributed by atoms with Crippen LogP contribution in [0, 0.1) is 26.2 Å². The molecule has 126 valence electrons. The number of thiazole rings is 1. The highest BCUT2D eigenvalue weighted by Crippen LogP contribution is 2.37. The second kappa shape index (κ2) is 6.21. The number of nitrogens with zero attached hydrogens (tertiary/aromatic N) is 1. The highest BCUT2D eigenvalue weighted by atomic mass is 32.1. The van der Waals surface area contributed by atoms with E-state index in [4.69, 9.17) is 4.98 Å². The SMILES string of the molecule is Cc1cc(C)c(-c2cccc3sc(NCC(C)(C)C)nc23)c(C)c1. The summed E-state index contributed by atoms with van der Waals surface area (Å²) in [5.74, 6) is 0. The number of anilines is 1. The van der Waals surface area contributed by atoms with Crippen molar-refractivity contribution in [3.8, 4) is 11.1 Å². The van der Waals surface area contributed by atoms with E-state index in [0.717, 1.165) is 17.2 Å². The third-order valence-electron chi connectivity index (χ3n) is 4.14. The highest BCUT2D eigenvalue weighted by molar-refractivity contribution is 7.22. The molecule has 0 fully saturated rings. The van der Waals surface area contributed by atoms with Crippen molar-refractivity contribution in [2.75, 3.05) is 11.9 Å². The molecule has 0 saturated heterocycles. The van der Waals surface area contributed by atoms with Gasteiger partial charge in [0, 0.05) is 12.1 Å². The maximum Gasteiger partial charge on any atom is 0.183 e. The van der Waals surface area contributed by atoms with Gasteiger partial charge in [-0.2, -0.15) is 0 Å². The van der Waals surface area contributed by atoms with Crippen LogP contribution in [0.5, 0.6) is 0 Å². The van der Waals surface area contributed by atoms with Crippen LogP contribution in [-0.4, -0.2) is 11.5 Å². The molecule has 0 bridgehead atoms. The Hall–Kier alpha value is -1.87. The molecule has 2 aromatic carbocycles. The van der Waals surface area contributed by atoms with Crippen molar-refractivity contribution < 1.29 is 0 Å². The third kappa shape index (κ3) is 3.46. The standard InChI is InChI=1S/C21H26N2S/c1-13-10-14(2)18(15(3)11-13)16-8-7-9-17-19(16)23-20(24-17)22-12-21(4,5)6/h7-11H,12H2,1-6H3,(H,22,23). The summed E-state index contributed by atoms with van der Waals surface area (Å²) in [5.41, 5.74) is 7.85. The van der Waals surface area contributed by atoms with Crippen molar-refractivity contribution in [1.29, 1.82) is 0 Å². The molecule has 3 aromatic rings. The quantitative estimate of drug-likeness (QED) is 0.602. The van der Waals surface area contributed by atoms with E-state index in [1.807, 2.05) is 0 Å². The first-order valence-electron chi connectivity index (χ1n) is 8.46. The smallest absolute Gasteiger partial charge is 0.183 e. The normalized spacial score (nSPS) is 11.9. The minimum atomic E-state index is 0.241. The van der Waals surface area contributed by atoms with Gasteiger partial charge in [-0.3, -0.25) is 0 Å². The number of fused-ring (bicyclic) bond motifs is 1. The topological polar surface area (TPSA) is 24.9 Å². The van der Waals surface area contributed by atoms with Crippen LogP contribution >= 0.6 is 11.3 Å². The molecule has 0 spiro atoms. The van der Waals surface area contributed by atoms with Gasteiger partial charge in [-0.1, -0.05) is 61.9 Å². The van der Waals surface area contributed by atoms with Crippen LogP contribution < -0.4 is 5.32 Å². The Labute approximate surface area is 148 Å². The maximum absolute atomic E-state index is 4.90. The number of aryl methyl sites for hydroxylation is 3. The van der Waals surface area contributed by atoms with Gasteiger partial charge in [0.2, 0.25) is 0 Å². The lowest BCUT2D eigenvalue weighted by Crippen LogP contribution is -2.18. The van der Waals surface area contributed by atoms with Crippen molar-refractivity contribution in [2.24, 2.45) is 5.41 Å². The zero-order chi connectivity index (χ0) is 17.5. The number of nitrogens with one attached hydrogen (secondary N) is 1. The number of hydrogen-bond acceptors (Lipinski definition) is 3. The lowest BCUT2D eigenvalue weighted by atomic mass is 9.93. The average molecular weight is 339 g/mol. The van der Waals surface area contributed by atoms with Gasteiger partial charge in [0.05, 0.1) is 10.2 Å². The largest absolute Gasteiger partial charge is 0.361 e. The molecule has 0 atom stereocenters. The van der Waals surface area contributed by atoms with Crippen molar-refractivity contribution >= 4 is 26.7 Å². The molecule has 3 rings (SSSR count). The Morgan fingerprint density at radius 1 is 1.04 bits per heavy atom. The van der Waals surface area contributed by atoms with Crippen LogP contribution in [0.25, 0.3) is 21.3 Å². The Morgan fingerprint density at radius 3 is 2.33 bits per heavy atom. The first kappa shape index (κ1) is 17.0. The minimum absolute atomic E-state index is 0.241. The van der Waals surface area contributed by atoms with E-state index in [1.54, 1.807) is 11.3 Å². The zero-order valence-corrected chi connectivity index (χ0v) is 16.3. The summed E-state index contributed by atoms with van der Waals surface area (Å²) in [6.07, 6.45) is 0. The molecule has 3 heteroatoms. The lowest BCUT2D eigenvalue weighted by molar-refractivity contribution is 0.443. The van der Waals surface area contributed by atoms with E-state index in [-0.39, 0.29) is 5.41 Å². The number of benzene rings is 2. The fourth-order valence-electron chi connectivity index (χ4n) is 3.17. The summed E-state index contributed by atoms with van der Waals surface area (Å²) in [5, 5.41) is 4.51. The predicted octanol–water partition coefficient (Wildman–Crippen LogP) is 6.35. The van der Waals surface area contributed by atoms with E-state index in [2.05, 4.69) is 77.2 Å². The van der Waals surface area contributed by atoms with Crippen LogP contribution in [0.15, 0.2) is 30.3 Å². The lowest BCUT2D eigenvalue weighted by Gasteiger charge is -2.17. The zero-order valence-electron chi connectivity index (χ0n) is 15.4. The fourth-order valence-corrected chi connectivity index (χ4v) is 4.06. The molecule has 0 aliphatic rings. The summed E-state index contributed by atoms with van der Waals surface area (Å²) in [7, 11) is 0. The van der Waals surface area contributed by atoms with E-state index in [9.17, 15) is 0 Å². The maximum atomic E-state index is 4.90. The molecule has 0 saturated carbocycles. The molecule has 0 unspecified atom stereocenters. The summed E-state index contributed by atoms with van der Waals surface area (Å²) in [6.45, 7) is 14.2. The molecule has 2 nitrogen and oxygen atoms in total. The van der Waals surface area contributed by atoms with Gasteiger partial charge in [0.25, 0.3) is 0 Å². The molecule has 1 N–H and O–H groups in total. The molecule has 1 aromatic heterocycles. The van der Waals surface area contributed by atoms with Crippen molar-refractivity contribution in [3.63, 3.8) is 0 Å². The predicted molar refractivity (Wildman–Crippen MR) is 107 cm³/mol. The van der Waals surface area contributed by atoms with Crippen LogP contribution in [0.2, 0.25) is 0 Å². The summed E-state index contributed by atoms with van der Waals surface area (Å²) in [6, 6.07) is 11.0. The van der Waals surface area contributed by atoms with Gasteiger partial charge in [0.1, 0.15) is 0 Å². The molecule has 0 aliphatic carbocycles. The first-order valence-corrected chi connectivity index (χ1v) is 9.28. The van der Waals surface area contributed by atoms with Gasteiger partial charge in [0.15, 0.2) is 5.13 Å². The van der Waals surface area contributed by atoms with E-state index >= 15 is 0 Å². The number of rotatable bonds is 3.